The van der Waals surface area contributed by atoms with Crippen LogP contribution in [0.3, 0.4) is 0 Å². The van der Waals surface area contributed by atoms with Crippen LogP contribution in [-0.2, 0) is 27.4 Å². The van der Waals surface area contributed by atoms with Gasteiger partial charge in [-0.1, -0.05) is 42.5 Å². The Bertz CT molecular complexity index is 1130. The molecule has 0 atom stereocenters. The molecule has 0 aliphatic carbocycles. The van der Waals surface area contributed by atoms with Gasteiger partial charge in [0.05, 0.1) is 6.54 Å². The van der Waals surface area contributed by atoms with E-state index < -0.39 is 0 Å². The molecule has 0 fully saturated rings. The Kier molecular flexibility index (Phi) is 10.9. The van der Waals surface area contributed by atoms with Crippen LogP contribution >= 0.6 is 11.3 Å². The first-order chi connectivity index (χ1) is 17.5. The van der Waals surface area contributed by atoms with Gasteiger partial charge in [0.25, 0.3) is 0 Å². The number of nitrogens with zero attached hydrogens (tertiary/aromatic N) is 2. The normalized spacial score (nSPS) is 11.1. The molecule has 7 heteroatoms. The monoisotopic (exact) mass is 508 g/mol. The molecular formula is C29H33FN2O3S. The van der Waals surface area contributed by atoms with Crippen LogP contribution in [0.5, 0.6) is 0 Å². The zero-order chi connectivity index (χ0) is 25.8. The summed E-state index contributed by atoms with van der Waals surface area (Å²) >= 11 is 1.60. The van der Waals surface area contributed by atoms with Crippen LogP contribution in [0.15, 0.2) is 72.1 Å². The highest BCUT2D eigenvalue weighted by Crippen LogP contribution is 2.20. The Morgan fingerprint density at radius 2 is 1.75 bits per heavy atom. The van der Waals surface area contributed by atoms with Crippen LogP contribution in [0.4, 0.5) is 4.39 Å². The molecule has 0 saturated carbocycles. The van der Waals surface area contributed by atoms with E-state index in [2.05, 4.69) is 0 Å². The van der Waals surface area contributed by atoms with Crippen LogP contribution < -0.4 is 0 Å². The van der Waals surface area contributed by atoms with Crippen molar-refractivity contribution in [2.24, 2.45) is 0 Å². The van der Waals surface area contributed by atoms with Gasteiger partial charge in [0.2, 0.25) is 11.8 Å². The Morgan fingerprint density at radius 3 is 2.42 bits per heavy atom. The zero-order valence-electron chi connectivity index (χ0n) is 20.9. The van der Waals surface area contributed by atoms with Crippen molar-refractivity contribution in [1.29, 1.82) is 0 Å². The number of benzene rings is 2. The van der Waals surface area contributed by atoms with E-state index >= 15 is 0 Å². The first-order valence-electron chi connectivity index (χ1n) is 12.1. The van der Waals surface area contributed by atoms with Crippen LogP contribution in [0.2, 0.25) is 0 Å². The van der Waals surface area contributed by atoms with Gasteiger partial charge in [-0.3, -0.25) is 9.59 Å². The molecule has 190 valence electrons. The zero-order valence-corrected chi connectivity index (χ0v) is 21.7. The molecule has 2 aromatic carbocycles. The number of aryl methyl sites for hydroxylation is 1. The van der Waals surface area contributed by atoms with Gasteiger partial charge >= 0.3 is 0 Å². The number of ether oxygens (including phenoxy) is 1. The number of rotatable bonds is 13. The summed E-state index contributed by atoms with van der Waals surface area (Å²) in [5, 5.41) is 2.00. The van der Waals surface area contributed by atoms with Crippen LogP contribution in [0.25, 0.3) is 6.08 Å². The molecule has 0 bridgehead atoms. The molecule has 0 aliphatic rings. The van der Waals surface area contributed by atoms with Gasteiger partial charge in [-0.15, -0.1) is 11.3 Å². The van der Waals surface area contributed by atoms with E-state index in [1.165, 1.54) is 18.2 Å². The molecule has 1 aromatic heterocycles. The Hall–Kier alpha value is -3.29. The predicted molar refractivity (Wildman–Crippen MR) is 143 cm³/mol. The summed E-state index contributed by atoms with van der Waals surface area (Å²) in [5.74, 6) is -0.704. The molecule has 3 aromatic rings. The molecule has 36 heavy (non-hydrogen) atoms. The predicted octanol–water partition coefficient (Wildman–Crippen LogP) is 5.69. The number of hydrogen-bond acceptors (Lipinski definition) is 4. The molecule has 2 amide bonds. The van der Waals surface area contributed by atoms with Crippen LogP contribution in [0.1, 0.15) is 34.9 Å². The number of carbonyl (C=O) groups is 2. The maximum absolute atomic E-state index is 13.5. The summed E-state index contributed by atoms with van der Waals surface area (Å²) < 4.78 is 18.9. The standard InChI is InChI=1S/C29H33FN2O3S/c1-3-35-18-7-17-31(28(33)15-12-24-8-5-4-6-9-24)22-29(34)32(21-27-23(2)16-19-36-27)20-25-10-13-26(30)14-11-25/h4-6,8-16,19H,3,7,17-18,20-22H2,1-2H3. The second kappa shape index (κ2) is 14.3. The van der Waals surface area contributed by atoms with Crippen molar-refractivity contribution in [3.05, 3.63) is 99.5 Å². The highest BCUT2D eigenvalue weighted by Gasteiger charge is 2.21. The number of halogens is 1. The maximum atomic E-state index is 13.5. The molecule has 0 aliphatic heterocycles. The van der Waals surface area contributed by atoms with Crippen molar-refractivity contribution in [3.63, 3.8) is 0 Å². The summed E-state index contributed by atoms with van der Waals surface area (Å²) in [4.78, 5) is 31.0. The minimum absolute atomic E-state index is 0.0459. The lowest BCUT2D eigenvalue weighted by atomic mass is 10.2. The smallest absolute Gasteiger partial charge is 0.247 e. The van der Waals surface area contributed by atoms with E-state index in [9.17, 15) is 14.0 Å². The quantitative estimate of drug-likeness (QED) is 0.220. The van der Waals surface area contributed by atoms with Gasteiger partial charge in [0.15, 0.2) is 0 Å². The van der Waals surface area contributed by atoms with E-state index in [0.29, 0.717) is 39.3 Å². The molecule has 0 spiro atoms. The molecule has 0 radical (unpaired) electrons. The van der Waals surface area contributed by atoms with Crippen molar-refractivity contribution in [3.8, 4) is 0 Å². The summed E-state index contributed by atoms with van der Waals surface area (Å²) in [5.41, 5.74) is 2.86. The van der Waals surface area contributed by atoms with E-state index in [1.807, 2.05) is 55.6 Å². The largest absolute Gasteiger partial charge is 0.382 e. The fourth-order valence-corrected chi connectivity index (χ4v) is 4.57. The van der Waals surface area contributed by atoms with Gasteiger partial charge in [-0.05, 0) is 66.6 Å². The average Bonchev–Trinajstić information content (AvgIpc) is 3.29. The molecule has 0 saturated heterocycles. The molecule has 5 nitrogen and oxygen atoms in total. The third-order valence-corrected chi connectivity index (χ3v) is 6.73. The van der Waals surface area contributed by atoms with Gasteiger partial charge in [-0.2, -0.15) is 0 Å². The van der Waals surface area contributed by atoms with Crippen LogP contribution in [0, 0.1) is 12.7 Å². The lowest BCUT2D eigenvalue weighted by Crippen LogP contribution is -2.42. The second-order valence-electron chi connectivity index (χ2n) is 8.46. The van der Waals surface area contributed by atoms with Gasteiger partial charge in [0, 0.05) is 37.3 Å². The van der Waals surface area contributed by atoms with E-state index in [-0.39, 0.29) is 24.2 Å². The topological polar surface area (TPSA) is 49.9 Å². The Balaban J connectivity index is 1.76. The third kappa shape index (κ3) is 8.73. The van der Waals surface area contributed by atoms with E-state index in [0.717, 1.165) is 21.6 Å². The second-order valence-corrected chi connectivity index (χ2v) is 9.46. The summed E-state index contributed by atoms with van der Waals surface area (Å²) in [6, 6.07) is 17.8. The molecule has 0 N–H and O–H groups in total. The van der Waals surface area contributed by atoms with Crippen molar-refractivity contribution < 1.29 is 18.7 Å². The maximum Gasteiger partial charge on any atom is 0.247 e. The number of carbonyl (C=O) groups excluding carboxylic acids is 2. The van der Waals surface area contributed by atoms with Gasteiger partial charge < -0.3 is 14.5 Å². The molecule has 0 unspecified atom stereocenters. The van der Waals surface area contributed by atoms with E-state index in [4.69, 9.17) is 4.74 Å². The van der Waals surface area contributed by atoms with E-state index in [1.54, 1.807) is 39.3 Å². The van der Waals surface area contributed by atoms with Gasteiger partial charge in [-0.25, -0.2) is 4.39 Å². The molecular weight excluding hydrogens is 475 g/mol. The lowest BCUT2D eigenvalue weighted by molar-refractivity contribution is -0.139. The fraction of sp³-hybridized carbons (Fsp3) is 0.310. The first-order valence-corrected chi connectivity index (χ1v) is 13.0. The molecule has 3 rings (SSSR count). The van der Waals surface area contributed by atoms with Crippen molar-refractivity contribution in [2.45, 2.75) is 33.4 Å². The average molecular weight is 509 g/mol. The Morgan fingerprint density at radius 1 is 1.00 bits per heavy atom. The summed E-state index contributed by atoms with van der Waals surface area (Å²) in [6.45, 7) is 6.19. The summed E-state index contributed by atoms with van der Waals surface area (Å²) in [7, 11) is 0. The minimum Gasteiger partial charge on any atom is -0.382 e. The number of hydrogen-bond donors (Lipinski definition) is 0. The number of thiophene rings is 1. The van der Waals surface area contributed by atoms with Gasteiger partial charge in [0.1, 0.15) is 12.4 Å². The summed E-state index contributed by atoms with van der Waals surface area (Å²) in [6.07, 6.45) is 3.90. The Labute approximate surface area is 216 Å². The van der Waals surface area contributed by atoms with Crippen molar-refractivity contribution in [1.82, 2.24) is 9.80 Å². The SMILES string of the molecule is CCOCCCN(CC(=O)N(Cc1ccc(F)cc1)Cc1sccc1C)C(=O)C=Cc1ccccc1. The minimum atomic E-state index is -0.318. The highest BCUT2D eigenvalue weighted by atomic mass is 32.1. The molecule has 1 heterocycles. The van der Waals surface area contributed by atoms with Crippen molar-refractivity contribution >= 4 is 29.2 Å². The first kappa shape index (κ1) is 27.3. The third-order valence-electron chi connectivity index (χ3n) is 5.72. The fourth-order valence-electron chi connectivity index (χ4n) is 3.65. The highest BCUT2D eigenvalue weighted by molar-refractivity contribution is 7.10. The van der Waals surface area contributed by atoms with Crippen molar-refractivity contribution in [2.75, 3.05) is 26.3 Å². The van der Waals surface area contributed by atoms with Crippen LogP contribution in [-0.4, -0.2) is 47.9 Å². The number of amides is 2. The lowest BCUT2D eigenvalue weighted by Gasteiger charge is -2.27.